The zero-order valence-electron chi connectivity index (χ0n) is 14.3. The Labute approximate surface area is 171 Å². The molecule has 0 bridgehead atoms. The maximum Gasteiger partial charge on any atom is 0.261 e. The van der Waals surface area contributed by atoms with Gasteiger partial charge in [-0.25, -0.2) is 8.42 Å². The molecule has 0 spiro atoms. The maximum atomic E-state index is 12.7. The highest BCUT2D eigenvalue weighted by Gasteiger charge is 2.18. The number of halogens is 2. The van der Waals surface area contributed by atoms with Crippen molar-refractivity contribution in [2.75, 3.05) is 16.3 Å². The highest BCUT2D eigenvalue weighted by atomic mass is 79.9. The molecule has 0 atom stereocenters. The lowest BCUT2D eigenvalue weighted by Crippen LogP contribution is -2.19. The molecule has 0 aliphatic carbocycles. The summed E-state index contributed by atoms with van der Waals surface area (Å²) in [6.07, 6.45) is 1.86. The van der Waals surface area contributed by atoms with E-state index in [0.29, 0.717) is 20.9 Å². The average Bonchev–Trinajstić information content (AvgIpc) is 2.57. The van der Waals surface area contributed by atoms with Crippen LogP contribution in [0.15, 0.2) is 50.7 Å². The van der Waals surface area contributed by atoms with Gasteiger partial charge in [0.25, 0.3) is 10.0 Å². The minimum Gasteiger partial charge on any atom is -0.325 e. The second kappa shape index (κ2) is 8.65. The number of carbonyl (C=O) groups excluding carboxylic acids is 1. The molecule has 0 aliphatic rings. The number of sulfonamides is 1. The molecule has 0 heterocycles. The summed E-state index contributed by atoms with van der Waals surface area (Å²) in [7, 11) is -3.83. The third-order valence-corrected chi connectivity index (χ3v) is 6.84. The van der Waals surface area contributed by atoms with Crippen LogP contribution in [0.3, 0.4) is 0 Å². The molecule has 2 N–H and O–H groups in total. The van der Waals surface area contributed by atoms with Crippen LogP contribution in [0.1, 0.15) is 13.8 Å². The van der Waals surface area contributed by atoms with Crippen molar-refractivity contribution >= 4 is 66.6 Å². The molecule has 0 aliphatic heterocycles. The van der Waals surface area contributed by atoms with Gasteiger partial charge in [-0.1, -0.05) is 25.4 Å². The lowest BCUT2D eigenvalue weighted by molar-refractivity contribution is -0.118. The van der Waals surface area contributed by atoms with E-state index in [1.807, 2.05) is 6.26 Å². The van der Waals surface area contributed by atoms with Crippen LogP contribution in [-0.4, -0.2) is 20.6 Å². The molecule has 5 nitrogen and oxygen atoms in total. The molecular weight excluding hydrogens is 460 g/mol. The summed E-state index contributed by atoms with van der Waals surface area (Å²) in [5.41, 5.74) is 0.813. The average molecular weight is 478 g/mol. The van der Waals surface area contributed by atoms with Gasteiger partial charge in [0, 0.05) is 15.3 Å². The Morgan fingerprint density at radius 2 is 1.88 bits per heavy atom. The molecule has 2 aromatic rings. The van der Waals surface area contributed by atoms with Gasteiger partial charge in [0.05, 0.1) is 21.3 Å². The van der Waals surface area contributed by atoms with Gasteiger partial charge in [-0.3, -0.25) is 9.52 Å². The van der Waals surface area contributed by atoms with Crippen molar-refractivity contribution in [2.24, 2.45) is 5.92 Å². The van der Waals surface area contributed by atoms with Gasteiger partial charge in [-0.05, 0) is 58.6 Å². The lowest BCUT2D eigenvalue weighted by atomic mass is 10.2. The molecule has 0 saturated heterocycles. The fourth-order valence-electron chi connectivity index (χ4n) is 2.00. The van der Waals surface area contributed by atoms with Crippen LogP contribution >= 0.6 is 39.3 Å². The van der Waals surface area contributed by atoms with E-state index in [0.717, 1.165) is 4.90 Å². The van der Waals surface area contributed by atoms with Crippen molar-refractivity contribution < 1.29 is 13.2 Å². The van der Waals surface area contributed by atoms with Crippen LogP contribution in [-0.2, 0) is 14.8 Å². The first-order valence-corrected chi connectivity index (χ1v) is 11.5. The monoisotopic (exact) mass is 476 g/mol. The Hall–Kier alpha value is -1.22. The van der Waals surface area contributed by atoms with Crippen LogP contribution in [0.25, 0.3) is 0 Å². The predicted octanol–water partition coefficient (Wildman–Crippen LogP) is 5.22. The first-order chi connectivity index (χ1) is 12.1. The number of rotatable bonds is 6. The van der Waals surface area contributed by atoms with Crippen molar-refractivity contribution in [1.82, 2.24) is 0 Å². The highest BCUT2D eigenvalue weighted by Crippen LogP contribution is 2.30. The first-order valence-electron chi connectivity index (χ1n) is 7.61. The maximum absolute atomic E-state index is 12.7. The van der Waals surface area contributed by atoms with Gasteiger partial charge in [0.1, 0.15) is 0 Å². The number of thioether (sulfide) groups is 1. The van der Waals surface area contributed by atoms with Crippen molar-refractivity contribution in [1.29, 1.82) is 0 Å². The largest absolute Gasteiger partial charge is 0.325 e. The number of hydrogen-bond acceptors (Lipinski definition) is 4. The third-order valence-electron chi connectivity index (χ3n) is 3.44. The molecule has 2 aromatic carbocycles. The van der Waals surface area contributed by atoms with Gasteiger partial charge < -0.3 is 5.32 Å². The van der Waals surface area contributed by atoms with E-state index in [4.69, 9.17) is 11.6 Å². The van der Waals surface area contributed by atoms with E-state index in [1.54, 1.807) is 32.0 Å². The van der Waals surface area contributed by atoms with Crippen LogP contribution in [0, 0.1) is 5.92 Å². The molecule has 26 heavy (non-hydrogen) atoms. The molecular formula is C17H18BrClN2O3S2. The van der Waals surface area contributed by atoms with Gasteiger partial charge in [-0.2, -0.15) is 0 Å². The van der Waals surface area contributed by atoms with E-state index in [1.165, 1.54) is 30.0 Å². The second-order valence-corrected chi connectivity index (χ2v) is 9.53. The first kappa shape index (κ1) is 21.1. The molecule has 0 fully saturated rings. The highest BCUT2D eigenvalue weighted by molar-refractivity contribution is 9.10. The van der Waals surface area contributed by atoms with E-state index in [2.05, 4.69) is 26.0 Å². The van der Waals surface area contributed by atoms with Crippen LogP contribution in [0.4, 0.5) is 11.4 Å². The van der Waals surface area contributed by atoms with Gasteiger partial charge in [0.2, 0.25) is 5.91 Å². The van der Waals surface area contributed by atoms with Gasteiger partial charge >= 0.3 is 0 Å². The Bertz CT molecular complexity index is 934. The summed E-state index contributed by atoms with van der Waals surface area (Å²) < 4.78 is 28.5. The van der Waals surface area contributed by atoms with Crippen molar-refractivity contribution in [3.8, 4) is 0 Å². The van der Waals surface area contributed by atoms with Crippen molar-refractivity contribution in [3.05, 3.63) is 45.9 Å². The summed E-state index contributed by atoms with van der Waals surface area (Å²) in [6.45, 7) is 3.54. The summed E-state index contributed by atoms with van der Waals surface area (Å²) in [5.74, 6) is -0.393. The molecule has 2 rings (SSSR count). The lowest BCUT2D eigenvalue weighted by Gasteiger charge is -2.14. The van der Waals surface area contributed by atoms with E-state index < -0.39 is 10.0 Å². The number of anilines is 2. The van der Waals surface area contributed by atoms with E-state index in [-0.39, 0.29) is 16.7 Å². The fourth-order valence-corrected chi connectivity index (χ4v) is 4.04. The van der Waals surface area contributed by atoms with Gasteiger partial charge in [-0.15, -0.1) is 11.8 Å². The van der Waals surface area contributed by atoms with Crippen LogP contribution < -0.4 is 10.0 Å². The summed E-state index contributed by atoms with van der Waals surface area (Å²) in [6, 6.07) is 9.40. The van der Waals surface area contributed by atoms with E-state index >= 15 is 0 Å². The Morgan fingerprint density at radius 3 is 2.46 bits per heavy atom. The van der Waals surface area contributed by atoms with Crippen molar-refractivity contribution in [2.45, 2.75) is 23.6 Å². The Balaban J connectivity index is 2.36. The molecule has 0 radical (unpaired) electrons. The molecule has 0 aromatic heterocycles. The van der Waals surface area contributed by atoms with Gasteiger partial charge in [0.15, 0.2) is 0 Å². The normalized spacial score (nSPS) is 11.5. The van der Waals surface area contributed by atoms with Crippen LogP contribution in [0.2, 0.25) is 5.02 Å². The minimum absolute atomic E-state index is 0.0494. The minimum atomic E-state index is -3.83. The SMILES string of the molecule is CSc1ccc(S(=O)(=O)Nc2ccc(Br)c(Cl)c2)cc1NC(=O)C(C)C. The fraction of sp³-hybridized carbons (Fsp3) is 0.235. The summed E-state index contributed by atoms with van der Waals surface area (Å²) in [5, 5.41) is 3.17. The Kier molecular flexibility index (Phi) is 7.01. The van der Waals surface area contributed by atoms with Crippen molar-refractivity contribution in [3.63, 3.8) is 0 Å². The molecule has 0 saturated carbocycles. The van der Waals surface area contributed by atoms with E-state index in [9.17, 15) is 13.2 Å². The number of hydrogen-bond donors (Lipinski definition) is 2. The molecule has 0 unspecified atom stereocenters. The zero-order valence-corrected chi connectivity index (χ0v) is 18.3. The molecule has 9 heteroatoms. The zero-order chi connectivity index (χ0) is 19.5. The number of benzene rings is 2. The predicted molar refractivity (Wildman–Crippen MR) is 112 cm³/mol. The summed E-state index contributed by atoms with van der Waals surface area (Å²) in [4.78, 5) is 12.8. The number of nitrogens with one attached hydrogen (secondary N) is 2. The molecule has 1 amide bonds. The standard InChI is InChI=1S/C17H18BrClN2O3S2/c1-10(2)17(22)20-15-9-12(5-7-16(15)25-3)26(23,24)21-11-4-6-13(18)14(19)8-11/h4-10,21H,1-3H3,(H,20,22). The van der Waals surface area contributed by atoms with Crippen LogP contribution in [0.5, 0.6) is 0 Å². The number of amides is 1. The second-order valence-electron chi connectivity index (χ2n) is 5.74. The quantitative estimate of drug-likeness (QED) is 0.559. The third kappa shape index (κ3) is 5.16. The smallest absolute Gasteiger partial charge is 0.261 e. The Morgan fingerprint density at radius 1 is 1.19 bits per heavy atom. The summed E-state index contributed by atoms with van der Waals surface area (Å²) >= 11 is 10.7. The topological polar surface area (TPSA) is 75.3 Å². The number of carbonyl (C=O) groups is 1. The molecule has 140 valence electrons.